The Kier molecular flexibility index (Phi) is 4.80. The molecule has 0 radical (unpaired) electrons. The van der Waals surface area contributed by atoms with Crippen LogP contribution in [0.4, 0.5) is 0 Å². The minimum atomic E-state index is 0.150. The fraction of sp³-hybridized carbons (Fsp3) is 0.533. The summed E-state index contributed by atoms with van der Waals surface area (Å²) in [4.78, 5) is 0. The summed E-state index contributed by atoms with van der Waals surface area (Å²) in [5.41, 5.74) is 8.60. The van der Waals surface area contributed by atoms with E-state index in [1.54, 1.807) is 6.26 Å². The Labute approximate surface area is 114 Å². The maximum absolute atomic E-state index is 6.21. The Morgan fingerprint density at radius 3 is 2.89 bits per heavy atom. The third-order valence-electron chi connectivity index (χ3n) is 3.39. The van der Waals surface area contributed by atoms with Gasteiger partial charge < -0.3 is 10.2 Å². The molecule has 1 atom stereocenters. The second kappa shape index (κ2) is 6.57. The highest BCUT2D eigenvalue weighted by atomic mass is 16.3. The number of aryl methyl sites for hydroxylation is 3. The Morgan fingerprint density at radius 2 is 2.26 bits per heavy atom. The molecule has 0 aromatic carbocycles. The van der Waals surface area contributed by atoms with Crippen LogP contribution >= 0.6 is 0 Å². The average Bonchev–Trinajstić information content (AvgIpc) is 3.05. The highest BCUT2D eigenvalue weighted by Gasteiger charge is 2.11. The number of nitrogens with zero attached hydrogens (tertiary/aromatic N) is 2. The predicted molar refractivity (Wildman–Crippen MR) is 76.0 cm³/mol. The first kappa shape index (κ1) is 13.9. The van der Waals surface area contributed by atoms with Crippen molar-refractivity contribution >= 4 is 0 Å². The Hall–Kier alpha value is -1.55. The number of aromatic nitrogens is 2. The summed E-state index contributed by atoms with van der Waals surface area (Å²) in [5.74, 6) is 1.01. The molecule has 0 spiro atoms. The highest BCUT2D eigenvalue weighted by molar-refractivity contribution is 5.12. The molecular formula is C15H23N3O. The van der Waals surface area contributed by atoms with E-state index < -0.39 is 0 Å². The van der Waals surface area contributed by atoms with Crippen LogP contribution < -0.4 is 5.73 Å². The first-order chi connectivity index (χ1) is 9.22. The molecule has 0 bridgehead atoms. The van der Waals surface area contributed by atoms with E-state index in [1.165, 1.54) is 5.69 Å². The number of furan rings is 1. The molecule has 0 saturated carbocycles. The molecule has 0 saturated heterocycles. The first-order valence-electron chi connectivity index (χ1n) is 7.06. The minimum absolute atomic E-state index is 0.150. The van der Waals surface area contributed by atoms with Crippen molar-refractivity contribution in [2.45, 2.75) is 52.1 Å². The molecule has 4 nitrogen and oxygen atoms in total. The van der Waals surface area contributed by atoms with Crippen LogP contribution in [-0.2, 0) is 25.8 Å². The average molecular weight is 261 g/mol. The van der Waals surface area contributed by atoms with E-state index in [9.17, 15) is 0 Å². The lowest BCUT2D eigenvalue weighted by Crippen LogP contribution is -2.25. The van der Waals surface area contributed by atoms with Gasteiger partial charge in [0.15, 0.2) is 0 Å². The molecule has 2 aromatic rings. The SMILES string of the molecule is CCc1cc(CC(N)CCc2ccco2)n(CC)n1. The molecule has 4 heteroatoms. The minimum Gasteiger partial charge on any atom is -0.469 e. The van der Waals surface area contributed by atoms with E-state index in [0.717, 1.165) is 43.7 Å². The Bertz CT molecular complexity index is 487. The van der Waals surface area contributed by atoms with Crippen LogP contribution in [0, 0.1) is 0 Å². The third-order valence-corrected chi connectivity index (χ3v) is 3.39. The van der Waals surface area contributed by atoms with Crippen molar-refractivity contribution in [1.82, 2.24) is 9.78 Å². The summed E-state index contributed by atoms with van der Waals surface area (Å²) < 4.78 is 7.39. The van der Waals surface area contributed by atoms with Crippen molar-refractivity contribution < 1.29 is 4.42 Å². The van der Waals surface area contributed by atoms with Crippen molar-refractivity contribution in [3.05, 3.63) is 41.6 Å². The third kappa shape index (κ3) is 3.70. The van der Waals surface area contributed by atoms with Crippen LogP contribution in [-0.4, -0.2) is 15.8 Å². The van der Waals surface area contributed by atoms with Crippen molar-refractivity contribution in [3.63, 3.8) is 0 Å². The summed E-state index contributed by atoms with van der Waals surface area (Å²) in [7, 11) is 0. The van der Waals surface area contributed by atoms with Gasteiger partial charge >= 0.3 is 0 Å². The van der Waals surface area contributed by atoms with Gasteiger partial charge in [-0.25, -0.2) is 0 Å². The van der Waals surface area contributed by atoms with Gasteiger partial charge in [-0.1, -0.05) is 6.92 Å². The van der Waals surface area contributed by atoms with Gasteiger partial charge in [-0.2, -0.15) is 5.10 Å². The van der Waals surface area contributed by atoms with Gasteiger partial charge in [0, 0.05) is 31.1 Å². The zero-order valence-electron chi connectivity index (χ0n) is 11.8. The van der Waals surface area contributed by atoms with Crippen LogP contribution in [0.15, 0.2) is 28.9 Å². The molecule has 2 rings (SSSR count). The summed E-state index contributed by atoms with van der Waals surface area (Å²) >= 11 is 0. The smallest absolute Gasteiger partial charge is 0.103 e. The van der Waals surface area contributed by atoms with Gasteiger partial charge in [0.25, 0.3) is 0 Å². The van der Waals surface area contributed by atoms with Crippen molar-refractivity contribution in [2.75, 3.05) is 0 Å². The Morgan fingerprint density at radius 1 is 1.42 bits per heavy atom. The number of nitrogens with two attached hydrogens (primary N) is 1. The lowest BCUT2D eigenvalue weighted by Gasteiger charge is -2.11. The monoisotopic (exact) mass is 261 g/mol. The van der Waals surface area contributed by atoms with Crippen LogP contribution in [0.1, 0.15) is 37.4 Å². The van der Waals surface area contributed by atoms with E-state index in [2.05, 4.69) is 29.7 Å². The highest BCUT2D eigenvalue weighted by Crippen LogP contribution is 2.11. The van der Waals surface area contributed by atoms with E-state index in [-0.39, 0.29) is 6.04 Å². The molecule has 19 heavy (non-hydrogen) atoms. The fourth-order valence-electron chi connectivity index (χ4n) is 2.28. The van der Waals surface area contributed by atoms with Gasteiger partial charge in [-0.3, -0.25) is 4.68 Å². The maximum atomic E-state index is 6.21. The molecule has 1 unspecified atom stereocenters. The summed E-state index contributed by atoms with van der Waals surface area (Å²) in [6.45, 7) is 5.15. The molecule has 0 amide bonds. The van der Waals surface area contributed by atoms with Crippen LogP contribution in [0.5, 0.6) is 0 Å². The van der Waals surface area contributed by atoms with E-state index in [0.29, 0.717) is 0 Å². The first-order valence-corrected chi connectivity index (χ1v) is 7.06. The van der Waals surface area contributed by atoms with Gasteiger partial charge in [0.1, 0.15) is 5.76 Å². The second-order valence-electron chi connectivity index (χ2n) is 4.88. The molecule has 2 N–H and O–H groups in total. The number of hydrogen-bond acceptors (Lipinski definition) is 3. The second-order valence-corrected chi connectivity index (χ2v) is 4.88. The molecule has 0 aliphatic carbocycles. The zero-order valence-corrected chi connectivity index (χ0v) is 11.8. The van der Waals surface area contributed by atoms with Gasteiger partial charge in [0.2, 0.25) is 0 Å². The van der Waals surface area contributed by atoms with Crippen molar-refractivity contribution in [3.8, 4) is 0 Å². The fourth-order valence-corrected chi connectivity index (χ4v) is 2.28. The molecule has 0 aliphatic heterocycles. The number of hydrogen-bond donors (Lipinski definition) is 1. The topological polar surface area (TPSA) is 57.0 Å². The van der Waals surface area contributed by atoms with E-state index in [1.807, 2.05) is 12.1 Å². The lowest BCUT2D eigenvalue weighted by atomic mass is 10.1. The lowest BCUT2D eigenvalue weighted by molar-refractivity contribution is 0.478. The normalized spacial score (nSPS) is 12.8. The van der Waals surface area contributed by atoms with Crippen molar-refractivity contribution in [2.24, 2.45) is 5.73 Å². The predicted octanol–water partition coefficient (Wildman–Crippen LogP) is 2.56. The summed E-state index contributed by atoms with van der Waals surface area (Å²) in [6.07, 6.45) is 5.39. The summed E-state index contributed by atoms with van der Waals surface area (Å²) in [6, 6.07) is 6.24. The van der Waals surface area contributed by atoms with Gasteiger partial charge in [0.05, 0.1) is 12.0 Å². The van der Waals surface area contributed by atoms with Crippen LogP contribution in [0.2, 0.25) is 0 Å². The molecular weight excluding hydrogens is 238 g/mol. The van der Waals surface area contributed by atoms with Crippen LogP contribution in [0.25, 0.3) is 0 Å². The van der Waals surface area contributed by atoms with Gasteiger partial charge in [-0.15, -0.1) is 0 Å². The van der Waals surface area contributed by atoms with Gasteiger partial charge in [-0.05, 0) is 38.0 Å². The molecule has 0 fully saturated rings. The van der Waals surface area contributed by atoms with Crippen LogP contribution in [0.3, 0.4) is 0 Å². The number of rotatable bonds is 7. The standard InChI is InChI=1S/C15H23N3O/c1-3-13-11-14(18(4-2)17-13)10-12(16)7-8-15-6-5-9-19-15/h5-6,9,11-12H,3-4,7-8,10,16H2,1-2H3. The van der Waals surface area contributed by atoms with E-state index >= 15 is 0 Å². The molecule has 104 valence electrons. The largest absolute Gasteiger partial charge is 0.469 e. The van der Waals surface area contributed by atoms with E-state index in [4.69, 9.17) is 10.2 Å². The van der Waals surface area contributed by atoms with Crippen molar-refractivity contribution in [1.29, 1.82) is 0 Å². The zero-order chi connectivity index (χ0) is 13.7. The Balaban J connectivity index is 1.90. The maximum Gasteiger partial charge on any atom is 0.103 e. The molecule has 0 aliphatic rings. The molecule has 2 aromatic heterocycles. The molecule has 2 heterocycles. The summed E-state index contributed by atoms with van der Waals surface area (Å²) in [5, 5.41) is 4.55. The quantitative estimate of drug-likeness (QED) is 0.833.